The van der Waals surface area contributed by atoms with Crippen molar-refractivity contribution in [3.05, 3.63) is 0 Å². The quantitative estimate of drug-likeness (QED) is 0.553. The molecular formula is C13H27NO2. The van der Waals surface area contributed by atoms with Gasteiger partial charge in [0.05, 0.1) is 0 Å². The number of rotatable bonds is 11. The van der Waals surface area contributed by atoms with Gasteiger partial charge in [0.2, 0.25) is 0 Å². The summed E-state index contributed by atoms with van der Waals surface area (Å²) < 4.78 is 0. The summed E-state index contributed by atoms with van der Waals surface area (Å²) in [6, 6.07) is 0. The third-order valence-electron chi connectivity index (χ3n) is 2.69. The van der Waals surface area contributed by atoms with Crippen molar-refractivity contribution in [1.82, 2.24) is 4.90 Å². The van der Waals surface area contributed by atoms with E-state index in [0.717, 1.165) is 19.3 Å². The largest absolute Gasteiger partial charge is 0.481 e. The van der Waals surface area contributed by atoms with E-state index in [4.69, 9.17) is 5.11 Å². The van der Waals surface area contributed by atoms with Crippen LogP contribution in [-0.2, 0) is 4.79 Å². The summed E-state index contributed by atoms with van der Waals surface area (Å²) >= 11 is 0. The van der Waals surface area contributed by atoms with Crippen molar-refractivity contribution >= 4 is 5.97 Å². The summed E-state index contributed by atoms with van der Waals surface area (Å²) in [6.07, 6.45) is 7.03. The summed E-state index contributed by atoms with van der Waals surface area (Å²) in [7, 11) is 0. The smallest absolute Gasteiger partial charge is 0.303 e. The zero-order valence-electron chi connectivity index (χ0n) is 10.9. The predicted octanol–water partition coefficient (Wildman–Crippen LogP) is 3.14. The van der Waals surface area contributed by atoms with Crippen LogP contribution < -0.4 is 0 Å². The van der Waals surface area contributed by atoms with Crippen LogP contribution in [0.1, 0.15) is 58.8 Å². The number of unbranched alkanes of at least 4 members (excludes halogenated alkanes) is 3. The maximum Gasteiger partial charge on any atom is 0.303 e. The Kier molecular flexibility index (Phi) is 10.5. The Balaban J connectivity index is 3.35. The molecule has 1 N–H and O–H groups in total. The molecule has 0 aromatic rings. The second kappa shape index (κ2) is 10.9. The minimum Gasteiger partial charge on any atom is -0.481 e. The van der Waals surface area contributed by atoms with Gasteiger partial charge in [-0.05, 0) is 45.3 Å². The van der Waals surface area contributed by atoms with Gasteiger partial charge >= 0.3 is 5.97 Å². The highest BCUT2D eigenvalue weighted by molar-refractivity contribution is 5.66. The zero-order chi connectivity index (χ0) is 12.2. The highest BCUT2D eigenvalue weighted by atomic mass is 16.4. The third kappa shape index (κ3) is 9.97. The van der Waals surface area contributed by atoms with Crippen LogP contribution >= 0.6 is 0 Å². The SMILES string of the molecule is CCCN(CCC)CCCCCCC(=O)O. The fraction of sp³-hybridized carbons (Fsp3) is 0.923. The molecule has 3 nitrogen and oxygen atoms in total. The van der Waals surface area contributed by atoms with Crippen molar-refractivity contribution < 1.29 is 9.90 Å². The van der Waals surface area contributed by atoms with Crippen LogP contribution in [0.15, 0.2) is 0 Å². The van der Waals surface area contributed by atoms with Crippen molar-refractivity contribution in [1.29, 1.82) is 0 Å². The fourth-order valence-corrected chi connectivity index (χ4v) is 1.93. The lowest BCUT2D eigenvalue weighted by Crippen LogP contribution is -2.26. The summed E-state index contributed by atoms with van der Waals surface area (Å²) in [5.74, 6) is -0.668. The molecule has 16 heavy (non-hydrogen) atoms. The summed E-state index contributed by atoms with van der Waals surface area (Å²) in [4.78, 5) is 12.8. The molecule has 0 aliphatic heterocycles. The monoisotopic (exact) mass is 229 g/mol. The van der Waals surface area contributed by atoms with Crippen molar-refractivity contribution in [2.24, 2.45) is 0 Å². The first-order chi connectivity index (χ1) is 7.70. The lowest BCUT2D eigenvalue weighted by molar-refractivity contribution is -0.137. The molecule has 0 unspecified atom stereocenters. The van der Waals surface area contributed by atoms with Crippen LogP contribution in [0, 0.1) is 0 Å². The first-order valence-corrected chi connectivity index (χ1v) is 6.64. The molecule has 0 aliphatic rings. The number of aliphatic carboxylic acids is 1. The van der Waals surface area contributed by atoms with Gasteiger partial charge in [-0.3, -0.25) is 4.79 Å². The van der Waals surface area contributed by atoms with Gasteiger partial charge in [0.25, 0.3) is 0 Å². The average Bonchev–Trinajstić information content (AvgIpc) is 2.23. The molecule has 0 aromatic heterocycles. The number of hydrogen-bond acceptors (Lipinski definition) is 2. The molecule has 0 heterocycles. The Morgan fingerprint density at radius 2 is 1.50 bits per heavy atom. The molecule has 0 spiro atoms. The Bertz CT molecular complexity index is 165. The van der Waals surface area contributed by atoms with Gasteiger partial charge in [0.1, 0.15) is 0 Å². The normalized spacial score (nSPS) is 10.9. The highest BCUT2D eigenvalue weighted by Gasteiger charge is 2.02. The number of carboxylic acid groups (broad SMARTS) is 1. The molecule has 0 bridgehead atoms. The van der Waals surface area contributed by atoms with E-state index < -0.39 is 5.97 Å². The maximum atomic E-state index is 10.3. The Labute approximate surface area is 99.8 Å². The van der Waals surface area contributed by atoms with E-state index in [-0.39, 0.29) is 0 Å². The first kappa shape index (κ1) is 15.4. The Morgan fingerprint density at radius 1 is 0.938 bits per heavy atom. The molecule has 0 radical (unpaired) electrons. The van der Waals surface area contributed by atoms with E-state index in [9.17, 15) is 4.79 Å². The number of nitrogens with zero attached hydrogens (tertiary/aromatic N) is 1. The molecule has 96 valence electrons. The molecular weight excluding hydrogens is 202 g/mol. The highest BCUT2D eigenvalue weighted by Crippen LogP contribution is 2.05. The topological polar surface area (TPSA) is 40.5 Å². The average molecular weight is 229 g/mol. The van der Waals surface area contributed by atoms with E-state index in [1.807, 2.05) is 0 Å². The second-order valence-corrected chi connectivity index (χ2v) is 4.40. The minimum atomic E-state index is -0.668. The molecule has 0 saturated heterocycles. The number of carbonyl (C=O) groups is 1. The van der Waals surface area contributed by atoms with Gasteiger partial charge in [-0.15, -0.1) is 0 Å². The van der Waals surface area contributed by atoms with E-state index in [1.54, 1.807) is 0 Å². The van der Waals surface area contributed by atoms with Gasteiger partial charge in [-0.25, -0.2) is 0 Å². The minimum absolute atomic E-state index is 0.327. The molecule has 0 amide bonds. The van der Waals surface area contributed by atoms with E-state index >= 15 is 0 Å². The van der Waals surface area contributed by atoms with E-state index in [2.05, 4.69) is 18.7 Å². The summed E-state index contributed by atoms with van der Waals surface area (Å²) in [5, 5.41) is 8.49. The third-order valence-corrected chi connectivity index (χ3v) is 2.69. The summed E-state index contributed by atoms with van der Waals surface area (Å²) in [6.45, 7) is 8.01. The van der Waals surface area contributed by atoms with Gasteiger partial charge in [-0.2, -0.15) is 0 Å². The lowest BCUT2D eigenvalue weighted by Gasteiger charge is -2.20. The van der Waals surface area contributed by atoms with Crippen LogP contribution in [0.4, 0.5) is 0 Å². The van der Waals surface area contributed by atoms with Gasteiger partial charge in [-0.1, -0.05) is 26.7 Å². The van der Waals surface area contributed by atoms with E-state index in [1.165, 1.54) is 38.9 Å². The van der Waals surface area contributed by atoms with Gasteiger partial charge < -0.3 is 10.0 Å². The molecule has 0 fully saturated rings. The molecule has 3 heteroatoms. The maximum absolute atomic E-state index is 10.3. The van der Waals surface area contributed by atoms with Crippen molar-refractivity contribution in [2.45, 2.75) is 58.8 Å². The molecule has 0 saturated carbocycles. The predicted molar refractivity (Wildman–Crippen MR) is 67.7 cm³/mol. The van der Waals surface area contributed by atoms with Crippen LogP contribution in [0.25, 0.3) is 0 Å². The lowest BCUT2D eigenvalue weighted by atomic mass is 10.1. The second-order valence-electron chi connectivity index (χ2n) is 4.40. The zero-order valence-corrected chi connectivity index (χ0v) is 10.9. The van der Waals surface area contributed by atoms with Crippen LogP contribution in [0.2, 0.25) is 0 Å². The Hall–Kier alpha value is -0.570. The number of carboxylic acids is 1. The fourth-order valence-electron chi connectivity index (χ4n) is 1.93. The van der Waals surface area contributed by atoms with Crippen molar-refractivity contribution in [3.63, 3.8) is 0 Å². The number of hydrogen-bond donors (Lipinski definition) is 1. The van der Waals surface area contributed by atoms with Gasteiger partial charge in [0.15, 0.2) is 0 Å². The van der Waals surface area contributed by atoms with E-state index in [0.29, 0.717) is 6.42 Å². The van der Waals surface area contributed by atoms with Crippen molar-refractivity contribution in [2.75, 3.05) is 19.6 Å². The molecule has 0 aromatic carbocycles. The molecule has 0 rings (SSSR count). The first-order valence-electron chi connectivity index (χ1n) is 6.64. The van der Waals surface area contributed by atoms with Crippen LogP contribution in [-0.4, -0.2) is 35.6 Å². The Morgan fingerprint density at radius 3 is 2.00 bits per heavy atom. The van der Waals surface area contributed by atoms with Crippen LogP contribution in [0.3, 0.4) is 0 Å². The van der Waals surface area contributed by atoms with Crippen LogP contribution in [0.5, 0.6) is 0 Å². The van der Waals surface area contributed by atoms with Gasteiger partial charge in [0, 0.05) is 6.42 Å². The molecule has 0 aliphatic carbocycles. The standard InChI is InChI=1S/C13H27NO2/c1-3-10-14(11-4-2)12-8-6-5-7-9-13(15)16/h3-12H2,1-2H3,(H,15,16). The summed E-state index contributed by atoms with van der Waals surface area (Å²) in [5.41, 5.74) is 0. The molecule has 0 atom stereocenters. The van der Waals surface area contributed by atoms with Crippen molar-refractivity contribution in [3.8, 4) is 0 Å².